The van der Waals surface area contributed by atoms with Gasteiger partial charge in [0.05, 0.1) is 5.69 Å². The van der Waals surface area contributed by atoms with Gasteiger partial charge in [0.2, 0.25) is 0 Å². The summed E-state index contributed by atoms with van der Waals surface area (Å²) in [5, 5.41) is 15.6. The van der Waals surface area contributed by atoms with Crippen molar-refractivity contribution in [3.63, 3.8) is 0 Å². The number of nitrogens with zero attached hydrogens (tertiary/aromatic N) is 5. The molecule has 0 saturated carbocycles. The minimum atomic E-state index is -1.31. The topological polar surface area (TPSA) is 76.7 Å². The molecule has 0 aliphatic carbocycles. The van der Waals surface area contributed by atoms with E-state index in [9.17, 15) is 5.11 Å². The number of hydrogen-bond acceptors (Lipinski definition) is 6. The molecule has 3 heterocycles. The summed E-state index contributed by atoms with van der Waals surface area (Å²) in [5.74, 6) is 0. The fourth-order valence-corrected chi connectivity index (χ4v) is 2.18. The molecule has 0 saturated heterocycles. The Hall–Kier alpha value is -1.99. The van der Waals surface area contributed by atoms with Crippen LogP contribution < -0.4 is 0 Å². The molecule has 0 amide bonds. The lowest BCUT2D eigenvalue weighted by Gasteiger charge is -2.21. The van der Waals surface area contributed by atoms with Gasteiger partial charge < -0.3 is 5.11 Å². The molecule has 1 unspecified atom stereocenters. The van der Waals surface area contributed by atoms with E-state index in [1.165, 1.54) is 6.33 Å². The van der Waals surface area contributed by atoms with E-state index in [4.69, 9.17) is 0 Å². The molecule has 0 bridgehead atoms. The Morgan fingerprint density at radius 3 is 2.90 bits per heavy atom. The third-order valence-corrected chi connectivity index (χ3v) is 3.46. The number of rotatable bonds is 4. The molecule has 7 heteroatoms. The van der Waals surface area contributed by atoms with Gasteiger partial charge in [0, 0.05) is 36.9 Å². The van der Waals surface area contributed by atoms with E-state index in [-0.39, 0.29) is 0 Å². The number of hydrogen-bond donors (Lipinski definition) is 2. The zero-order valence-corrected chi connectivity index (χ0v) is 11.5. The first-order chi connectivity index (χ1) is 9.65. The van der Waals surface area contributed by atoms with Crippen LogP contribution in [0.5, 0.6) is 0 Å². The number of pyridine rings is 1. The second kappa shape index (κ2) is 5.18. The smallest absolute Gasteiger partial charge is 0.181 e. The molecule has 20 heavy (non-hydrogen) atoms. The Kier molecular flexibility index (Phi) is 3.37. The van der Waals surface area contributed by atoms with Gasteiger partial charge in [0.1, 0.15) is 6.33 Å². The zero-order valence-electron chi connectivity index (χ0n) is 10.6. The molecule has 0 fully saturated rings. The summed E-state index contributed by atoms with van der Waals surface area (Å²) in [6.45, 7) is 0.514. The van der Waals surface area contributed by atoms with Crippen molar-refractivity contribution < 1.29 is 5.11 Å². The van der Waals surface area contributed by atoms with Gasteiger partial charge in [-0.05, 0) is 18.2 Å². The highest BCUT2D eigenvalue weighted by molar-refractivity contribution is 7.81. The molecule has 3 rings (SSSR count). The molecule has 0 aliphatic rings. The Balaban J connectivity index is 1.75. The van der Waals surface area contributed by atoms with E-state index in [1.807, 2.05) is 18.3 Å². The molecule has 6 nitrogen and oxygen atoms in total. The maximum atomic E-state index is 10.3. The fraction of sp³-hybridized carbons (Fsp3) is 0.231. The molecule has 3 aromatic heterocycles. The lowest BCUT2D eigenvalue weighted by atomic mass is 10.1. The fourth-order valence-electron chi connectivity index (χ4n) is 1.95. The van der Waals surface area contributed by atoms with Gasteiger partial charge in [-0.3, -0.25) is 4.68 Å². The average molecular weight is 287 g/mol. The van der Waals surface area contributed by atoms with E-state index >= 15 is 0 Å². The molecule has 102 valence electrons. The first kappa shape index (κ1) is 13.0. The van der Waals surface area contributed by atoms with Gasteiger partial charge in [-0.25, -0.2) is 15.0 Å². The van der Waals surface area contributed by atoms with Crippen LogP contribution in [0.4, 0.5) is 0 Å². The molecule has 0 radical (unpaired) electrons. The third-order valence-electron chi connectivity index (χ3n) is 3.01. The van der Waals surface area contributed by atoms with Crippen LogP contribution in [0.25, 0.3) is 11.0 Å². The molecule has 0 spiro atoms. The molecule has 1 atom stereocenters. The molecular formula is C13H13N5OS. The number of fused-ring (bicyclic) bond motifs is 1. The minimum absolute atomic E-state index is 0.376. The normalized spacial score (nSPS) is 14.3. The predicted octanol–water partition coefficient (Wildman–Crippen LogP) is 1.39. The van der Waals surface area contributed by atoms with Crippen molar-refractivity contribution in [2.24, 2.45) is 0 Å². The summed E-state index contributed by atoms with van der Waals surface area (Å²) >= 11 is 4.28. The maximum absolute atomic E-state index is 10.3. The summed E-state index contributed by atoms with van der Waals surface area (Å²) in [6.07, 6.45) is 6.95. The minimum Gasteiger partial charge on any atom is -0.374 e. The average Bonchev–Trinajstić information content (AvgIpc) is 2.89. The summed E-state index contributed by atoms with van der Waals surface area (Å²) < 4.78 is 1.75. The first-order valence-corrected chi connectivity index (χ1v) is 6.59. The number of aliphatic hydroxyl groups is 1. The van der Waals surface area contributed by atoms with Gasteiger partial charge in [-0.1, -0.05) is 0 Å². The van der Waals surface area contributed by atoms with E-state index in [2.05, 4.69) is 32.7 Å². The van der Waals surface area contributed by atoms with Gasteiger partial charge in [0.15, 0.2) is 10.6 Å². The van der Waals surface area contributed by atoms with Crippen LogP contribution in [0.1, 0.15) is 12.1 Å². The van der Waals surface area contributed by atoms with Crippen LogP contribution in [0, 0.1) is 0 Å². The predicted molar refractivity (Wildman–Crippen MR) is 77.1 cm³/mol. The largest absolute Gasteiger partial charge is 0.374 e. The standard InChI is InChI=1S/C13H13N5OS/c19-13(20,11-3-6-14-9-16-11)4-7-18-8-10-2-1-5-15-12(10)17-18/h1-3,5-6,8-9,19-20H,4,7H2. The van der Waals surface area contributed by atoms with E-state index < -0.39 is 4.93 Å². The molecule has 0 aliphatic heterocycles. The Bertz CT molecular complexity index is 680. The van der Waals surface area contributed by atoms with Crippen molar-refractivity contribution in [3.05, 3.63) is 48.8 Å². The summed E-state index contributed by atoms with van der Waals surface area (Å²) in [7, 11) is 0. The lowest BCUT2D eigenvalue weighted by Crippen LogP contribution is -2.22. The number of aromatic nitrogens is 5. The van der Waals surface area contributed by atoms with Crippen molar-refractivity contribution >= 4 is 23.7 Å². The Morgan fingerprint density at radius 1 is 1.25 bits per heavy atom. The van der Waals surface area contributed by atoms with Crippen molar-refractivity contribution in [2.75, 3.05) is 0 Å². The Morgan fingerprint density at radius 2 is 2.15 bits per heavy atom. The SMILES string of the molecule is OC(S)(CCn1cc2cccnc2n1)c1ccncn1. The zero-order chi connectivity index (χ0) is 14.0. The van der Waals surface area contributed by atoms with Crippen LogP contribution in [0.2, 0.25) is 0 Å². The van der Waals surface area contributed by atoms with E-state index in [0.717, 1.165) is 5.39 Å². The number of aryl methyl sites for hydroxylation is 1. The third kappa shape index (κ3) is 2.63. The monoisotopic (exact) mass is 287 g/mol. The maximum Gasteiger partial charge on any atom is 0.181 e. The van der Waals surface area contributed by atoms with Gasteiger partial charge in [-0.2, -0.15) is 5.10 Å². The first-order valence-electron chi connectivity index (χ1n) is 6.14. The highest BCUT2D eigenvalue weighted by Crippen LogP contribution is 2.27. The van der Waals surface area contributed by atoms with Crippen LogP contribution in [-0.4, -0.2) is 29.8 Å². The van der Waals surface area contributed by atoms with Gasteiger partial charge in [-0.15, -0.1) is 12.6 Å². The van der Waals surface area contributed by atoms with Crippen LogP contribution in [0.15, 0.2) is 43.1 Å². The van der Waals surface area contributed by atoms with E-state index in [1.54, 1.807) is 23.1 Å². The highest BCUT2D eigenvalue weighted by Gasteiger charge is 2.25. The van der Waals surface area contributed by atoms with Crippen LogP contribution in [-0.2, 0) is 11.5 Å². The van der Waals surface area contributed by atoms with E-state index in [0.29, 0.717) is 24.3 Å². The lowest BCUT2D eigenvalue weighted by molar-refractivity contribution is 0.118. The quantitative estimate of drug-likeness (QED) is 0.560. The van der Waals surface area contributed by atoms with Gasteiger partial charge >= 0.3 is 0 Å². The molecule has 3 aromatic rings. The molecular weight excluding hydrogens is 274 g/mol. The number of thiol groups is 1. The van der Waals surface area contributed by atoms with Crippen LogP contribution >= 0.6 is 12.6 Å². The van der Waals surface area contributed by atoms with Gasteiger partial charge in [0.25, 0.3) is 0 Å². The second-order valence-electron chi connectivity index (χ2n) is 4.47. The highest BCUT2D eigenvalue weighted by atomic mass is 32.1. The van der Waals surface area contributed by atoms with Crippen molar-refractivity contribution in [3.8, 4) is 0 Å². The Labute approximate surface area is 120 Å². The van der Waals surface area contributed by atoms with Crippen molar-refractivity contribution in [1.82, 2.24) is 24.7 Å². The van der Waals surface area contributed by atoms with Crippen molar-refractivity contribution in [1.29, 1.82) is 0 Å². The molecule has 1 N–H and O–H groups in total. The van der Waals surface area contributed by atoms with Crippen molar-refractivity contribution in [2.45, 2.75) is 17.9 Å². The summed E-state index contributed by atoms with van der Waals surface area (Å²) in [4.78, 5) is 10.7. The summed E-state index contributed by atoms with van der Waals surface area (Å²) in [6, 6.07) is 5.46. The summed E-state index contributed by atoms with van der Waals surface area (Å²) in [5.41, 5.74) is 1.17. The van der Waals surface area contributed by atoms with Crippen LogP contribution in [0.3, 0.4) is 0 Å². The molecule has 0 aromatic carbocycles. The second-order valence-corrected chi connectivity index (χ2v) is 5.21.